The summed E-state index contributed by atoms with van der Waals surface area (Å²) < 4.78 is 23.4. The van der Waals surface area contributed by atoms with Gasteiger partial charge in [-0.05, 0) is 0 Å². The van der Waals surface area contributed by atoms with Crippen LogP contribution in [0.2, 0.25) is 18.1 Å². The van der Waals surface area contributed by atoms with E-state index in [0.29, 0.717) is 0 Å². The maximum atomic E-state index is 6.64. The van der Waals surface area contributed by atoms with E-state index in [0.717, 1.165) is 0 Å². The molecule has 0 radical (unpaired) electrons. The van der Waals surface area contributed by atoms with Gasteiger partial charge in [0.2, 0.25) is 0 Å². The van der Waals surface area contributed by atoms with Crippen molar-refractivity contribution in [1.82, 2.24) is 0 Å². The van der Waals surface area contributed by atoms with Crippen molar-refractivity contribution in [1.29, 1.82) is 0 Å². The molecule has 0 aliphatic rings. The van der Waals surface area contributed by atoms with Gasteiger partial charge in [0.05, 0.1) is 0 Å². The quantitative estimate of drug-likeness (QED) is 0.406. The molecule has 0 aliphatic carbocycles. The van der Waals surface area contributed by atoms with E-state index in [9.17, 15) is 0 Å². The normalized spacial score (nSPS) is 12.9. The molecule has 0 bridgehead atoms. The molecule has 21 heavy (non-hydrogen) atoms. The summed E-state index contributed by atoms with van der Waals surface area (Å²) in [4.78, 5) is 0. The van der Waals surface area contributed by atoms with Gasteiger partial charge in [-0.1, -0.05) is 0 Å². The van der Waals surface area contributed by atoms with Crippen molar-refractivity contribution < 1.29 is 31.1 Å². The molecule has 0 amide bonds. The first kappa shape index (κ1) is 21.8. The van der Waals surface area contributed by atoms with Crippen LogP contribution in [0.1, 0.15) is 59.3 Å². The van der Waals surface area contributed by atoms with Gasteiger partial charge < -0.3 is 0 Å². The van der Waals surface area contributed by atoms with E-state index >= 15 is 0 Å². The van der Waals surface area contributed by atoms with E-state index in [1.54, 1.807) is 21.3 Å². The van der Waals surface area contributed by atoms with Crippen molar-refractivity contribution in [3.8, 4) is 0 Å². The summed E-state index contributed by atoms with van der Waals surface area (Å²) in [5.41, 5.74) is 0. The summed E-state index contributed by atoms with van der Waals surface area (Å²) >= 11 is -3.50. The zero-order valence-corrected chi connectivity index (χ0v) is 17.6. The zero-order chi connectivity index (χ0) is 16.2. The molecule has 0 saturated carbocycles. The van der Waals surface area contributed by atoms with Crippen LogP contribution in [0.3, 0.4) is 0 Å². The van der Waals surface area contributed by atoms with E-state index in [2.05, 4.69) is 20.8 Å². The molecule has 0 aromatic heterocycles. The Morgan fingerprint density at radius 2 is 1.00 bits per heavy atom. The Morgan fingerprint density at radius 1 is 0.667 bits per heavy atom. The third-order valence-corrected chi connectivity index (χ3v) is 14.1. The monoisotopic (exact) mass is 356 g/mol. The Bertz CT molecular complexity index is 220. The molecule has 0 atom stereocenters. The van der Waals surface area contributed by atoms with E-state index in [4.69, 9.17) is 13.0 Å². The van der Waals surface area contributed by atoms with Crippen LogP contribution >= 0.6 is 0 Å². The Labute approximate surface area is 138 Å². The van der Waals surface area contributed by atoms with Gasteiger partial charge in [0, 0.05) is 0 Å². The van der Waals surface area contributed by atoms with E-state index in [1.165, 1.54) is 56.7 Å². The molecule has 0 spiro atoms. The van der Waals surface area contributed by atoms with Gasteiger partial charge in [-0.2, -0.15) is 0 Å². The van der Waals surface area contributed by atoms with Gasteiger partial charge in [-0.3, -0.25) is 0 Å². The summed E-state index contributed by atoms with van der Waals surface area (Å²) in [5.74, 6) is 0. The molecule has 0 aliphatic heterocycles. The Morgan fingerprint density at radius 3 is 1.24 bits per heavy atom. The van der Waals surface area contributed by atoms with Crippen LogP contribution < -0.4 is 0 Å². The average Bonchev–Trinajstić information content (AvgIpc) is 2.54. The van der Waals surface area contributed by atoms with Crippen LogP contribution in [0.25, 0.3) is 0 Å². The van der Waals surface area contributed by atoms with Gasteiger partial charge in [-0.15, -0.1) is 0 Å². The topological polar surface area (TPSA) is 36.9 Å². The second kappa shape index (κ2) is 12.2. The molecule has 4 nitrogen and oxygen atoms in total. The predicted octanol–water partition coefficient (Wildman–Crippen LogP) is 5.10. The Kier molecular flexibility index (Phi) is 12.7. The SMILES string of the molecule is CCCC[Si](CCCC)(CCCC)[O][Ti]([O]C)([O]C)[O]C. The maximum absolute atomic E-state index is 6.64. The van der Waals surface area contributed by atoms with Crippen LogP contribution in [-0.4, -0.2) is 29.6 Å². The summed E-state index contributed by atoms with van der Waals surface area (Å²) in [6.45, 7) is 6.74. The van der Waals surface area contributed by atoms with Gasteiger partial charge in [-0.25, -0.2) is 0 Å². The number of hydrogen-bond acceptors (Lipinski definition) is 4. The van der Waals surface area contributed by atoms with Gasteiger partial charge in [0.15, 0.2) is 0 Å². The number of unbranched alkanes of at least 4 members (excludes halogenated alkanes) is 3. The van der Waals surface area contributed by atoms with Crippen molar-refractivity contribution in [2.24, 2.45) is 0 Å². The first-order valence-corrected chi connectivity index (χ1v) is 13.5. The molecule has 6 heteroatoms. The average molecular weight is 356 g/mol. The number of hydrogen-bond donors (Lipinski definition) is 0. The van der Waals surface area contributed by atoms with Gasteiger partial charge in [0.1, 0.15) is 0 Å². The number of rotatable bonds is 14. The third kappa shape index (κ3) is 7.73. The summed E-state index contributed by atoms with van der Waals surface area (Å²) in [7, 11) is 3.13. The van der Waals surface area contributed by atoms with Crippen molar-refractivity contribution >= 4 is 8.32 Å². The first-order valence-electron chi connectivity index (χ1n) is 8.43. The van der Waals surface area contributed by atoms with Crippen LogP contribution in [0.5, 0.6) is 0 Å². The van der Waals surface area contributed by atoms with Crippen molar-refractivity contribution in [2.75, 3.05) is 21.3 Å². The Hall–Kier alpha value is 0.771. The molecule has 0 aromatic rings. The van der Waals surface area contributed by atoms with Crippen LogP contribution in [0.15, 0.2) is 0 Å². The summed E-state index contributed by atoms with van der Waals surface area (Å²) in [6, 6.07) is 3.60. The molecule has 0 saturated heterocycles. The second-order valence-corrected chi connectivity index (χ2v) is 14.2. The fourth-order valence-electron chi connectivity index (χ4n) is 2.67. The summed E-state index contributed by atoms with van der Waals surface area (Å²) in [5, 5.41) is 0. The minimum absolute atomic E-state index is 1.20. The Balaban J connectivity index is 5.17. The molecule has 128 valence electrons. The van der Waals surface area contributed by atoms with Crippen molar-refractivity contribution in [2.45, 2.75) is 77.4 Å². The van der Waals surface area contributed by atoms with Crippen LogP contribution in [0.4, 0.5) is 0 Å². The fraction of sp³-hybridized carbons (Fsp3) is 1.00. The molecular weight excluding hydrogens is 320 g/mol. The molecule has 0 fully saturated rings. The molecule has 0 unspecified atom stereocenters. The molecule has 0 N–H and O–H groups in total. The molecule has 0 rings (SSSR count). The molecule has 0 heterocycles. The zero-order valence-electron chi connectivity index (χ0n) is 15.0. The standard InChI is InChI=1S/C12H27OSi.3CH3O.Ti/c1-4-7-10-14(13,11-8-5-2)12-9-6-3;3*1-2;/h4-12H2,1-3H3;3*1H3;/q4*-1;+4. The van der Waals surface area contributed by atoms with Crippen molar-refractivity contribution in [3.63, 3.8) is 0 Å². The molecular formula is C15H36O4SiTi. The third-order valence-electron chi connectivity index (χ3n) is 4.05. The van der Waals surface area contributed by atoms with Gasteiger partial charge >= 0.3 is 138 Å². The summed E-state index contributed by atoms with van der Waals surface area (Å²) in [6.07, 6.45) is 7.33. The van der Waals surface area contributed by atoms with Gasteiger partial charge in [0.25, 0.3) is 0 Å². The molecule has 0 aromatic carbocycles. The van der Waals surface area contributed by atoms with Crippen LogP contribution in [-0.2, 0) is 31.1 Å². The predicted molar refractivity (Wildman–Crippen MR) is 87.0 cm³/mol. The van der Waals surface area contributed by atoms with E-state index in [-0.39, 0.29) is 0 Å². The first-order chi connectivity index (χ1) is 10.1. The van der Waals surface area contributed by atoms with Crippen LogP contribution in [0, 0.1) is 0 Å². The van der Waals surface area contributed by atoms with E-state index in [1.807, 2.05) is 0 Å². The van der Waals surface area contributed by atoms with E-state index < -0.39 is 26.5 Å². The van der Waals surface area contributed by atoms with Crippen molar-refractivity contribution in [3.05, 3.63) is 0 Å². The minimum atomic E-state index is -3.50. The second-order valence-electron chi connectivity index (χ2n) is 5.71. The fourth-order valence-corrected chi connectivity index (χ4v) is 13.4.